The molecule has 0 bridgehead atoms. The van der Waals surface area contributed by atoms with Crippen LogP contribution in [0.4, 0.5) is 5.82 Å². The summed E-state index contributed by atoms with van der Waals surface area (Å²) >= 11 is 0. The summed E-state index contributed by atoms with van der Waals surface area (Å²) in [5, 5.41) is 0. The molecule has 0 aliphatic heterocycles. The van der Waals surface area contributed by atoms with Crippen LogP contribution in [0.25, 0.3) is 0 Å². The third kappa shape index (κ3) is 2.64. The first-order chi connectivity index (χ1) is 7.33. The van der Waals surface area contributed by atoms with Crippen molar-refractivity contribution >= 4 is 5.82 Å². The zero-order valence-corrected chi connectivity index (χ0v) is 8.86. The summed E-state index contributed by atoms with van der Waals surface area (Å²) < 4.78 is 5.28. The van der Waals surface area contributed by atoms with Gasteiger partial charge in [-0.15, -0.1) is 0 Å². The fraction of sp³-hybridized carbons (Fsp3) is 0.600. The van der Waals surface area contributed by atoms with Crippen LogP contribution >= 0.6 is 0 Å². The van der Waals surface area contributed by atoms with Crippen molar-refractivity contribution in [2.24, 2.45) is 5.84 Å². The highest BCUT2D eigenvalue weighted by molar-refractivity contribution is 5.36. The number of nitrogen functional groups attached to an aromatic ring is 1. The lowest BCUT2D eigenvalue weighted by molar-refractivity contribution is 0.128. The number of hydrogen-bond acceptors (Lipinski definition) is 5. The number of ether oxygens (including phenoxy) is 1. The highest BCUT2D eigenvalue weighted by atomic mass is 16.5. The highest BCUT2D eigenvalue weighted by Gasteiger charge is 2.26. The van der Waals surface area contributed by atoms with E-state index in [1.165, 1.54) is 12.8 Å². The Morgan fingerprint density at radius 1 is 1.53 bits per heavy atom. The van der Waals surface area contributed by atoms with E-state index in [2.05, 4.69) is 15.4 Å². The van der Waals surface area contributed by atoms with E-state index in [1.807, 2.05) is 13.0 Å². The van der Waals surface area contributed by atoms with E-state index in [0.29, 0.717) is 30.8 Å². The second kappa shape index (κ2) is 4.55. The van der Waals surface area contributed by atoms with E-state index in [1.54, 1.807) is 0 Å². The number of nitrogens with two attached hydrogens (primary N) is 1. The first kappa shape index (κ1) is 10.3. The third-order valence-corrected chi connectivity index (χ3v) is 2.37. The van der Waals surface area contributed by atoms with Gasteiger partial charge < -0.3 is 10.2 Å². The van der Waals surface area contributed by atoms with E-state index >= 15 is 0 Å². The zero-order valence-electron chi connectivity index (χ0n) is 8.86. The van der Waals surface area contributed by atoms with Gasteiger partial charge in [0.05, 0.1) is 0 Å². The van der Waals surface area contributed by atoms with Crippen molar-refractivity contribution in [3.63, 3.8) is 0 Å². The standard InChI is InChI=1S/C10H16N4O/c1-2-15-6-10-12-8(7-3-4-7)5-9(13-10)14-11/h5,7H,2-4,6,11H2,1H3,(H,12,13,14). The Labute approximate surface area is 89.0 Å². The molecule has 0 aromatic carbocycles. The topological polar surface area (TPSA) is 73.1 Å². The number of hydrazine groups is 1. The molecule has 5 heteroatoms. The maximum absolute atomic E-state index is 5.36. The Morgan fingerprint density at radius 2 is 2.33 bits per heavy atom. The van der Waals surface area contributed by atoms with Gasteiger partial charge in [-0.1, -0.05) is 0 Å². The molecule has 0 amide bonds. The molecule has 15 heavy (non-hydrogen) atoms. The molecule has 1 aromatic heterocycles. The Hall–Kier alpha value is -1.20. The molecule has 1 saturated carbocycles. The molecule has 5 nitrogen and oxygen atoms in total. The number of anilines is 1. The van der Waals surface area contributed by atoms with Crippen LogP contribution in [0.2, 0.25) is 0 Å². The molecular weight excluding hydrogens is 192 g/mol. The van der Waals surface area contributed by atoms with Crippen molar-refractivity contribution in [2.75, 3.05) is 12.0 Å². The lowest BCUT2D eigenvalue weighted by atomic mass is 10.3. The SMILES string of the molecule is CCOCc1nc(NN)cc(C2CC2)n1. The number of nitrogens with zero attached hydrogens (tertiary/aromatic N) is 2. The maximum atomic E-state index is 5.36. The molecule has 0 unspecified atom stereocenters. The molecule has 1 aromatic rings. The van der Waals surface area contributed by atoms with Crippen molar-refractivity contribution in [3.05, 3.63) is 17.6 Å². The molecule has 1 aliphatic rings. The second-order valence-electron chi connectivity index (χ2n) is 3.65. The molecule has 2 rings (SSSR count). The Morgan fingerprint density at radius 3 is 2.93 bits per heavy atom. The van der Waals surface area contributed by atoms with Gasteiger partial charge in [0, 0.05) is 24.3 Å². The summed E-state index contributed by atoms with van der Waals surface area (Å²) in [6, 6.07) is 1.91. The van der Waals surface area contributed by atoms with Crippen LogP contribution < -0.4 is 11.3 Å². The van der Waals surface area contributed by atoms with Crippen molar-refractivity contribution in [1.29, 1.82) is 0 Å². The maximum Gasteiger partial charge on any atom is 0.156 e. The lowest BCUT2D eigenvalue weighted by Crippen LogP contribution is -2.12. The van der Waals surface area contributed by atoms with Gasteiger partial charge in [0.1, 0.15) is 12.4 Å². The van der Waals surface area contributed by atoms with Crippen molar-refractivity contribution in [2.45, 2.75) is 32.3 Å². The Balaban J connectivity index is 2.16. The largest absolute Gasteiger partial charge is 0.374 e. The molecule has 0 radical (unpaired) electrons. The Bertz CT molecular complexity index is 338. The van der Waals surface area contributed by atoms with E-state index in [0.717, 1.165) is 5.69 Å². The minimum absolute atomic E-state index is 0.450. The monoisotopic (exact) mass is 208 g/mol. The summed E-state index contributed by atoms with van der Waals surface area (Å²) in [6.07, 6.45) is 2.43. The van der Waals surface area contributed by atoms with Crippen LogP contribution in [0.5, 0.6) is 0 Å². The van der Waals surface area contributed by atoms with Crippen LogP contribution in [-0.4, -0.2) is 16.6 Å². The number of nitrogens with one attached hydrogen (secondary N) is 1. The van der Waals surface area contributed by atoms with Gasteiger partial charge in [0.25, 0.3) is 0 Å². The minimum Gasteiger partial charge on any atom is -0.374 e. The van der Waals surface area contributed by atoms with Crippen LogP contribution in [0.3, 0.4) is 0 Å². The van der Waals surface area contributed by atoms with Crippen LogP contribution in [0.1, 0.15) is 37.2 Å². The van der Waals surface area contributed by atoms with Crippen molar-refractivity contribution < 1.29 is 4.74 Å². The summed E-state index contributed by atoms with van der Waals surface area (Å²) in [6.45, 7) is 3.07. The first-order valence-corrected chi connectivity index (χ1v) is 5.25. The molecule has 1 aliphatic carbocycles. The average Bonchev–Trinajstić information content (AvgIpc) is 3.09. The van der Waals surface area contributed by atoms with Gasteiger partial charge >= 0.3 is 0 Å². The predicted molar refractivity (Wildman–Crippen MR) is 57.1 cm³/mol. The van der Waals surface area contributed by atoms with Gasteiger partial charge in [0.2, 0.25) is 0 Å². The van der Waals surface area contributed by atoms with Crippen molar-refractivity contribution in [1.82, 2.24) is 9.97 Å². The van der Waals surface area contributed by atoms with Crippen LogP contribution in [0.15, 0.2) is 6.07 Å². The third-order valence-electron chi connectivity index (χ3n) is 2.37. The van der Waals surface area contributed by atoms with Gasteiger partial charge in [0.15, 0.2) is 5.82 Å². The van der Waals surface area contributed by atoms with E-state index in [4.69, 9.17) is 10.6 Å². The minimum atomic E-state index is 0.450. The normalized spacial score (nSPS) is 15.3. The molecule has 0 spiro atoms. The molecule has 3 N–H and O–H groups in total. The fourth-order valence-electron chi connectivity index (χ4n) is 1.44. The molecule has 0 atom stereocenters. The molecule has 1 heterocycles. The number of aromatic nitrogens is 2. The van der Waals surface area contributed by atoms with Crippen LogP contribution in [-0.2, 0) is 11.3 Å². The van der Waals surface area contributed by atoms with E-state index in [-0.39, 0.29) is 0 Å². The summed E-state index contributed by atoms with van der Waals surface area (Å²) in [5.41, 5.74) is 3.64. The average molecular weight is 208 g/mol. The first-order valence-electron chi connectivity index (χ1n) is 5.25. The van der Waals surface area contributed by atoms with Gasteiger partial charge in [-0.2, -0.15) is 0 Å². The van der Waals surface area contributed by atoms with Gasteiger partial charge in [-0.25, -0.2) is 15.8 Å². The number of rotatable bonds is 5. The van der Waals surface area contributed by atoms with E-state index < -0.39 is 0 Å². The fourth-order valence-corrected chi connectivity index (χ4v) is 1.44. The van der Waals surface area contributed by atoms with Gasteiger partial charge in [-0.3, -0.25) is 0 Å². The number of hydrogen-bond donors (Lipinski definition) is 2. The van der Waals surface area contributed by atoms with Crippen LogP contribution in [0, 0.1) is 0 Å². The zero-order chi connectivity index (χ0) is 10.7. The lowest BCUT2D eigenvalue weighted by Gasteiger charge is -2.06. The Kier molecular flexibility index (Phi) is 3.13. The van der Waals surface area contributed by atoms with Crippen molar-refractivity contribution in [3.8, 4) is 0 Å². The summed E-state index contributed by atoms with van der Waals surface area (Å²) in [5.74, 6) is 7.32. The molecular formula is C10H16N4O. The molecule has 1 fully saturated rings. The smallest absolute Gasteiger partial charge is 0.156 e. The quantitative estimate of drug-likeness (QED) is 0.561. The summed E-state index contributed by atoms with van der Waals surface area (Å²) in [4.78, 5) is 8.68. The molecule has 82 valence electrons. The summed E-state index contributed by atoms with van der Waals surface area (Å²) in [7, 11) is 0. The molecule has 0 saturated heterocycles. The van der Waals surface area contributed by atoms with Gasteiger partial charge in [-0.05, 0) is 19.8 Å². The second-order valence-corrected chi connectivity index (χ2v) is 3.65. The van der Waals surface area contributed by atoms with E-state index in [9.17, 15) is 0 Å². The predicted octanol–water partition coefficient (Wildman–Crippen LogP) is 1.18. The highest BCUT2D eigenvalue weighted by Crippen LogP contribution is 2.39.